The van der Waals surface area contributed by atoms with Crippen molar-refractivity contribution >= 4 is 11.1 Å². The zero-order valence-corrected chi connectivity index (χ0v) is 16.5. The molecule has 2 aliphatic rings. The largest absolute Gasteiger partial charge is 0.677 e. The molecule has 2 aliphatic carbocycles. The first-order valence-electron chi connectivity index (χ1n) is 8.40. The Morgan fingerprint density at radius 3 is 2.36 bits per heavy atom. The van der Waals surface area contributed by atoms with E-state index in [4.69, 9.17) is 5.73 Å². The van der Waals surface area contributed by atoms with E-state index in [2.05, 4.69) is 48.6 Å². The summed E-state index contributed by atoms with van der Waals surface area (Å²) in [5.74, 6) is 0.166. The number of rotatable bonds is 3. The Morgan fingerprint density at radius 1 is 0.920 bits per heavy atom. The van der Waals surface area contributed by atoms with Gasteiger partial charge in [0.1, 0.15) is 0 Å². The molecule has 0 bridgehead atoms. The predicted molar refractivity (Wildman–Crippen MR) is 99.5 cm³/mol. The van der Waals surface area contributed by atoms with Crippen molar-refractivity contribution in [1.82, 2.24) is 0 Å². The Kier molecular flexibility index (Phi) is 5.52. The number of aliphatic hydroxyl groups is 1. The molecule has 127 valence electrons. The van der Waals surface area contributed by atoms with Gasteiger partial charge in [0.25, 0.3) is 0 Å². The van der Waals surface area contributed by atoms with Crippen LogP contribution in [0, 0.1) is 0 Å². The second kappa shape index (κ2) is 7.64. The first-order chi connectivity index (χ1) is 11.8. The first kappa shape index (κ1) is 18.0. The number of benzene rings is 2. The maximum Gasteiger partial charge on any atom is 0.0975 e. The fourth-order valence-electron chi connectivity index (χ4n) is 3.69. The van der Waals surface area contributed by atoms with E-state index < -0.39 is 6.10 Å². The molecule has 2 aromatic rings. The molecule has 0 fully saturated rings. The number of allylic oxidation sites excluding steroid dienone is 4. The van der Waals surface area contributed by atoms with Gasteiger partial charge in [0.05, 0.1) is 6.10 Å². The van der Waals surface area contributed by atoms with Gasteiger partial charge in [0.15, 0.2) is 0 Å². The molecule has 2 unspecified atom stereocenters. The summed E-state index contributed by atoms with van der Waals surface area (Å²) in [6.07, 6.45) is 8.72. The number of fused-ring (bicyclic) bond motifs is 2. The van der Waals surface area contributed by atoms with Crippen LogP contribution in [-0.4, -0.2) is 11.7 Å². The summed E-state index contributed by atoms with van der Waals surface area (Å²) in [4.78, 5) is 0. The smallest absolute Gasteiger partial charge is 0.0975 e. The van der Waals surface area contributed by atoms with Crippen molar-refractivity contribution in [3.05, 3.63) is 101 Å². The summed E-state index contributed by atoms with van der Waals surface area (Å²) >= 11 is 0. The van der Waals surface area contributed by atoms with Gasteiger partial charge in [-0.2, -0.15) is 0 Å². The molecule has 0 amide bonds. The minimum absolute atomic E-state index is 0. The summed E-state index contributed by atoms with van der Waals surface area (Å²) in [5, 5.41) is 10.2. The van der Waals surface area contributed by atoms with Crippen molar-refractivity contribution in [3.8, 4) is 0 Å². The minimum atomic E-state index is -0.513. The molecule has 2 nitrogen and oxygen atoms in total. The predicted octanol–water partition coefficient (Wildman–Crippen LogP) is 5.29. The molecular formula is C22H20NORe-. The third-order valence-electron chi connectivity index (χ3n) is 4.84. The van der Waals surface area contributed by atoms with Crippen molar-refractivity contribution < 1.29 is 25.5 Å². The van der Waals surface area contributed by atoms with Crippen LogP contribution in [0.3, 0.4) is 0 Å². The van der Waals surface area contributed by atoms with Crippen molar-refractivity contribution in [2.45, 2.75) is 18.4 Å². The maximum absolute atomic E-state index is 10.2. The van der Waals surface area contributed by atoms with E-state index in [0.717, 1.165) is 12.0 Å². The van der Waals surface area contributed by atoms with Gasteiger partial charge in [0.2, 0.25) is 0 Å². The number of hydrogen-bond donors (Lipinski definition) is 1. The van der Waals surface area contributed by atoms with Gasteiger partial charge in [-0.15, -0.1) is 6.54 Å². The number of aliphatic hydroxyl groups excluding tert-OH is 1. The molecule has 0 aliphatic heterocycles. The summed E-state index contributed by atoms with van der Waals surface area (Å²) in [5.41, 5.74) is 14.7. The van der Waals surface area contributed by atoms with E-state index >= 15 is 0 Å². The minimum Gasteiger partial charge on any atom is -0.677 e. The van der Waals surface area contributed by atoms with Gasteiger partial charge >= 0.3 is 0 Å². The Balaban J connectivity index is 0.00000182. The Hall–Kier alpha value is -1.76. The second-order valence-corrected chi connectivity index (χ2v) is 6.32. The zero-order valence-electron chi connectivity index (χ0n) is 13.8. The van der Waals surface area contributed by atoms with Crippen molar-refractivity contribution in [3.63, 3.8) is 0 Å². The molecular weight excluding hydrogens is 480 g/mol. The van der Waals surface area contributed by atoms with E-state index in [1.165, 1.54) is 27.8 Å². The summed E-state index contributed by atoms with van der Waals surface area (Å²) in [7, 11) is 0. The molecule has 25 heavy (non-hydrogen) atoms. The second-order valence-electron chi connectivity index (χ2n) is 6.32. The number of hydrogen-bond acceptors (Lipinski definition) is 1. The SMILES string of the molecule is [NH-]CCC1=C/C(=C\C2C=CC(O)c3ccccc32)c2ccccc21.[Re]. The van der Waals surface area contributed by atoms with Crippen molar-refractivity contribution in [2.75, 3.05) is 6.54 Å². The molecule has 4 rings (SSSR count). The van der Waals surface area contributed by atoms with Crippen LogP contribution in [0.25, 0.3) is 16.9 Å². The molecule has 0 saturated heterocycles. The maximum atomic E-state index is 10.2. The molecule has 0 spiro atoms. The van der Waals surface area contributed by atoms with E-state index in [0.29, 0.717) is 6.54 Å². The van der Waals surface area contributed by atoms with E-state index in [-0.39, 0.29) is 26.3 Å². The summed E-state index contributed by atoms with van der Waals surface area (Å²) < 4.78 is 0. The topological polar surface area (TPSA) is 44.0 Å². The number of nitrogens with one attached hydrogen (secondary N) is 1. The molecule has 2 aromatic carbocycles. The van der Waals surface area contributed by atoms with Crippen LogP contribution in [0.15, 0.2) is 72.8 Å². The normalized spacial score (nSPS) is 22.2. The third kappa shape index (κ3) is 3.34. The molecule has 0 heterocycles. The van der Waals surface area contributed by atoms with Gasteiger partial charge in [-0.1, -0.05) is 72.8 Å². The first-order valence-corrected chi connectivity index (χ1v) is 8.40. The monoisotopic (exact) mass is 501 g/mol. The Bertz CT molecular complexity index is 866. The third-order valence-corrected chi connectivity index (χ3v) is 4.84. The van der Waals surface area contributed by atoms with E-state index in [1.807, 2.05) is 24.3 Å². The standard InChI is InChI=1S/C22H20NO.Re/c23-12-11-16-14-17(20-7-2-1-5-18(16)20)13-15-9-10-22(24)21-8-4-3-6-19(15)21;/h1-10,13-15,22-24H,11-12H2;/q-1;/b17-13+;. The Morgan fingerprint density at radius 2 is 1.60 bits per heavy atom. The Labute approximate surface area is 162 Å². The van der Waals surface area contributed by atoms with Crippen molar-refractivity contribution in [2.24, 2.45) is 0 Å². The molecule has 2 atom stereocenters. The molecule has 0 saturated carbocycles. The molecule has 0 aromatic heterocycles. The van der Waals surface area contributed by atoms with Crippen LogP contribution in [0.5, 0.6) is 0 Å². The van der Waals surface area contributed by atoms with Gasteiger partial charge in [-0.05, 0) is 39.8 Å². The molecule has 1 radical (unpaired) electrons. The van der Waals surface area contributed by atoms with Gasteiger partial charge < -0.3 is 10.8 Å². The van der Waals surface area contributed by atoms with E-state index in [1.54, 1.807) is 0 Å². The average molecular weight is 501 g/mol. The molecule has 3 heteroatoms. The van der Waals surface area contributed by atoms with Crippen LogP contribution in [0.2, 0.25) is 0 Å². The molecule has 2 N–H and O–H groups in total. The van der Waals surface area contributed by atoms with Crippen molar-refractivity contribution in [1.29, 1.82) is 0 Å². The summed E-state index contributed by atoms with van der Waals surface area (Å²) in [6, 6.07) is 16.5. The van der Waals surface area contributed by atoms with Crippen LogP contribution in [0.4, 0.5) is 0 Å². The van der Waals surface area contributed by atoms with Gasteiger partial charge in [0, 0.05) is 26.3 Å². The average Bonchev–Trinajstić information content (AvgIpc) is 2.96. The zero-order chi connectivity index (χ0) is 16.5. The van der Waals surface area contributed by atoms with Crippen LogP contribution in [0.1, 0.15) is 40.7 Å². The summed E-state index contributed by atoms with van der Waals surface area (Å²) in [6.45, 7) is 0.409. The van der Waals surface area contributed by atoms with Gasteiger partial charge in [-0.25, -0.2) is 0 Å². The fraction of sp³-hybridized carbons (Fsp3) is 0.182. The fourth-order valence-corrected chi connectivity index (χ4v) is 3.69. The quantitative estimate of drug-likeness (QED) is 0.572. The van der Waals surface area contributed by atoms with Gasteiger partial charge in [-0.3, -0.25) is 0 Å². The van der Waals surface area contributed by atoms with Crippen LogP contribution < -0.4 is 0 Å². The van der Waals surface area contributed by atoms with Crippen LogP contribution >= 0.6 is 0 Å². The van der Waals surface area contributed by atoms with E-state index in [9.17, 15) is 5.11 Å². The van der Waals surface area contributed by atoms with Crippen LogP contribution in [-0.2, 0) is 20.4 Å².